The zero-order chi connectivity index (χ0) is 21.6. The van der Waals surface area contributed by atoms with Gasteiger partial charge < -0.3 is 10.1 Å². The van der Waals surface area contributed by atoms with Gasteiger partial charge in [-0.25, -0.2) is 12.8 Å². The number of amides is 1. The number of benzene rings is 2. The molecule has 0 aliphatic carbocycles. The second-order valence-electron chi connectivity index (χ2n) is 7.42. The summed E-state index contributed by atoms with van der Waals surface area (Å²) >= 11 is 0. The second-order valence-corrected chi connectivity index (χ2v) is 9.32. The molecule has 0 bridgehead atoms. The molecule has 0 spiro atoms. The van der Waals surface area contributed by atoms with Crippen LogP contribution in [0.15, 0.2) is 53.4 Å². The van der Waals surface area contributed by atoms with Crippen LogP contribution >= 0.6 is 0 Å². The van der Waals surface area contributed by atoms with Gasteiger partial charge in [-0.05, 0) is 56.0 Å². The van der Waals surface area contributed by atoms with Crippen molar-refractivity contribution >= 4 is 15.9 Å². The predicted molar refractivity (Wildman–Crippen MR) is 112 cm³/mol. The second kappa shape index (κ2) is 10.0. The molecule has 2 aromatic rings. The van der Waals surface area contributed by atoms with Gasteiger partial charge in [0.2, 0.25) is 15.9 Å². The number of nitrogens with one attached hydrogen (secondary N) is 1. The van der Waals surface area contributed by atoms with Crippen molar-refractivity contribution in [2.75, 3.05) is 26.2 Å². The molecule has 1 aliphatic heterocycles. The van der Waals surface area contributed by atoms with Crippen LogP contribution in [0.4, 0.5) is 4.39 Å². The standard InChI is InChI=1S/C22H27FN2O4S/c1-17-6-4-7-19(16-17)29-15-5-12-24-22(26)18-10-13-25(14-11-18)30(27,28)21-9-3-2-8-20(21)23/h2-4,6-9,16,18H,5,10-15H2,1H3,(H,24,26). The molecular formula is C22H27FN2O4S. The molecule has 30 heavy (non-hydrogen) atoms. The van der Waals surface area contributed by atoms with Crippen LogP contribution in [0.2, 0.25) is 0 Å². The van der Waals surface area contributed by atoms with Gasteiger partial charge in [-0.2, -0.15) is 4.31 Å². The summed E-state index contributed by atoms with van der Waals surface area (Å²) in [6, 6.07) is 13.1. The maximum absolute atomic E-state index is 13.9. The lowest BCUT2D eigenvalue weighted by atomic mass is 9.97. The van der Waals surface area contributed by atoms with E-state index in [2.05, 4.69) is 5.32 Å². The third-order valence-electron chi connectivity index (χ3n) is 5.16. The maximum atomic E-state index is 13.9. The summed E-state index contributed by atoms with van der Waals surface area (Å²) in [6.07, 6.45) is 1.51. The van der Waals surface area contributed by atoms with Crippen molar-refractivity contribution in [2.45, 2.75) is 31.1 Å². The Balaban J connectivity index is 1.40. The van der Waals surface area contributed by atoms with Gasteiger partial charge in [0.15, 0.2) is 0 Å². The molecule has 0 aromatic heterocycles. The third-order valence-corrected chi connectivity index (χ3v) is 7.09. The van der Waals surface area contributed by atoms with E-state index < -0.39 is 15.8 Å². The average molecular weight is 435 g/mol. The number of piperidine rings is 1. The van der Waals surface area contributed by atoms with Gasteiger partial charge in [-0.1, -0.05) is 24.3 Å². The van der Waals surface area contributed by atoms with E-state index in [0.29, 0.717) is 32.4 Å². The lowest BCUT2D eigenvalue weighted by Crippen LogP contribution is -2.43. The molecule has 0 unspecified atom stereocenters. The van der Waals surface area contributed by atoms with E-state index >= 15 is 0 Å². The predicted octanol–water partition coefficient (Wildman–Crippen LogP) is 3.12. The van der Waals surface area contributed by atoms with Gasteiger partial charge >= 0.3 is 0 Å². The van der Waals surface area contributed by atoms with E-state index in [1.54, 1.807) is 0 Å². The SMILES string of the molecule is Cc1cccc(OCCCNC(=O)C2CCN(S(=O)(=O)c3ccccc3F)CC2)c1. The highest BCUT2D eigenvalue weighted by Crippen LogP contribution is 2.25. The molecule has 1 heterocycles. The van der Waals surface area contributed by atoms with Crippen LogP contribution in [0.3, 0.4) is 0 Å². The first-order chi connectivity index (χ1) is 14.4. The molecule has 1 amide bonds. The Morgan fingerprint density at radius 3 is 2.60 bits per heavy atom. The molecule has 0 atom stereocenters. The minimum absolute atomic E-state index is 0.0755. The molecule has 0 radical (unpaired) electrons. The van der Waals surface area contributed by atoms with Crippen molar-refractivity contribution < 1.29 is 22.3 Å². The fourth-order valence-electron chi connectivity index (χ4n) is 3.47. The van der Waals surface area contributed by atoms with Gasteiger partial charge in [-0.3, -0.25) is 4.79 Å². The Morgan fingerprint density at radius 1 is 1.17 bits per heavy atom. The number of nitrogens with zero attached hydrogens (tertiary/aromatic N) is 1. The van der Waals surface area contributed by atoms with Gasteiger partial charge in [-0.15, -0.1) is 0 Å². The van der Waals surface area contributed by atoms with Crippen molar-refractivity contribution in [1.29, 1.82) is 0 Å². The van der Waals surface area contributed by atoms with Gasteiger partial charge in [0.25, 0.3) is 0 Å². The van der Waals surface area contributed by atoms with Crippen LogP contribution in [0, 0.1) is 18.7 Å². The molecule has 0 saturated carbocycles. The molecule has 1 fully saturated rings. The van der Waals surface area contributed by atoms with E-state index in [1.165, 1.54) is 22.5 Å². The Kier molecular flexibility index (Phi) is 7.44. The van der Waals surface area contributed by atoms with Crippen LogP contribution < -0.4 is 10.1 Å². The number of aryl methyl sites for hydroxylation is 1. The smallest absolute Gasteiger partial charge is 0.245 e. The monoisotopic (exact) mass is 434 g/mol. The van der Waals surface area contributed by atoms with Crippen LogP contribution in [0.25, 0.3) is 0 Å². The van der Waals surface area contributed by atoms with E-state index in [1.807, 2.05) is 31.2 Å². The topological polar surface area (TPSA) is 75.7 Å². The summed E-state index contributed by atoms with van der Waals surface area (Å²) in [6.45, 7) is 3.40. The Bertz CT molecular complexity index is 973. The molecule has 2 aromatic carbocycles. The zero-order valence-electron chi connectivity index (χ0n) is 17.0. The molecule has 1 saturated heterocycles. The Hall–Kier alpha value is -2.45. The minimum atomic E-state index is -3.89. The summed E-state index contributed by atoms with van der Waals surface area (Å²) < 4.78 is 46.1. The van der Waals surface area contributed by atoms with Crippen LogP contribution in [-0.2, 0) is 14.8 Å². The highest BCUT2D eigenvalue weighted by molar-refractivity contribution is 7.89. The lowest BCUT2D eigenvalue weighted by Gasteiger charge is -2.30. The summed E-state index contributed by atoms with van der Waals surface area (Å²) in [5.74, 6) is -0.265. The fourth-order valence-corrected chi connectivity index (χ4v) is 5.01. The van der Waals surface area contributed by atoms with Crippen molar-refractivity contribution in [3.8, 4) is 5.75 Å². The number of hydrogen-bond donors (Lipinski definition) is 1. The van der Waals surface area contributed by atoms with E-state index in [4.69, 9.17) is 4.74 Å². The van der Waals surface area contributed by atoms with Gasteiger partial charge in [0.1, 0.15) is 16.5 Å². The first kappa shape index (κ1) is 22.2. The first-order valence-corrected chi connectivity index (χ1v) is 11.5. The fraction of sp³-hybridized carbons (Fsp3) is 0.409. The quantitative estimate of drug-likeness (QED) is 0.648. The van der Waals surface area contributed by atoms with Crippen molar-refractivity contribution in [3.05, 3.63) is 59.9 Å². The third kappa shape index (κ3) is 5.58. The average Bonchev–Trinajstić information content (AvgIpc) is 2.73. The van der Waals surface area contributed by atoms with E-state index in [0.717, 1.165) is 17.4 Å². The van der Waals surface area contributed by atoms with E-state index in [-0.39, 0.29) is 29.8 Å². The number of halogens is 1. The molecule has 162 valence electrons. The molecule has 8 heteroatoms. The van der Waals surface area contributed by atoms with Crippen LogP contribution in [0.5, 0.6) is 5.75 Å². The first-order valence-electron chi connectivity index (χ1n) is 10.1. The molecule has 3 rings (SSSR count). The van der Waals surface area contributed by atoms with Crippen LogP contribution in [0.1, 0.15) is 24.8 Å². The number of carbonyl (C=O) groups is 1. The number of carbonyl (C=O) groups excluding carboxylic acids is 1. The summed E-state index contributed by atoms with van der Waals surface area (Å²) in [5, 5.41) is 2.90. The maximum Gasteiger partial charge on any atom is 0.245 e. The largest absolute Gasteiger partial charge is 0.494 e. The summed E-state index contributed by atoms with van der Waals surface area (Å²) in [7, 11) is -3.89. The van der Waals surface area contributed by atoms with Gasteiger partial charge in [0, 0.05) is 25.6 Å². The van der Waals surface area contributed by atoms with Crippen molar-refractivity contribution in [1.82, 2.24) is 9.62 Å². The van der Waals surface area contributed by atoms with Crippen molar-refractivity contribution in [2.24, 2.45) is 5.92 Å². The number of rotatable bonds is 8. The number of hydrogen-bond acceptors (Lipinski definition) is 4. The Morgan fingerprint density at radius 2 is 1.90 bits per heavy atom. The highest BCUT2D eigenvalue weighted by Gasteiger charge is 2.33. The minimum Gasteiger partial charge on any atom is -0.494 e. The Labute approximate surface area is 177 Å². The molecule has 1 aliphatic rings. The van der Waals surface area contributed by atoms with Crippen molar-refractivity contribution in [3.63, 3.8) is 0 Å². The highest BCUT2D eigenvalue weighted by atomic mass is 32.2. The molecule has 6 nitrogen and oxygen atoms in total. The summed E-state index contributed by atoms with van der Waals surface area (Å²) in [4.78, 5) is 12.1. The molecule has 1 N–H and O–H groups in total. The number of sulfonamides is 1. The van der Waals surface area contributed by atoms with Crippen LogP contribution in [-0.4, -0.2) is 44.9 Å². The van der Waals surface area contributed by atoms with E-state index in [9.17, 15) is 17.6 Å². The zero-order valence-corrected chi connectivity index (χ0v) is 17.8. The lowest BCUT2D eigenvalue weighted by molar-refractivity contribution is -0.126. The normalized spacial score (nSPS) is 15.7. The molecular weight excluding hydrogens is 407 g/mol. The van der Waals surface area contributed by atoms with Gasteiger partial charge in [0.05, 0.1) is 6.61 Å². The summed E-state index contributed by atoms with van der Waals surface area (Å²) in [5.41, 5.74) is 1.13. The number of ether oxygens (including phenoxy) is 1.